The monoisotopic (exact) mass is 347 g/mol. The number of nitrogens with zero attached hydrogens (tertiary/aromatic N) is 1. The quantitative estimate of drug-likeness (QED) is 0.404. The molecule has 0 bridgehead atoms. The van der Waals surface area contributed by atoms with Gasteiger partial charge in [0.05, 0.1) is 19.9 Å². The van der Waals surface area contributed by atoms with E-state index in [-0.39, 0.29) is 18.3 Å². The van der Waals surface area contributed by atoms with E-state index in [0.29, 0.717) is 11.5 Å². The molecule has 1 aromatic carbocycles. The number of hydrogen-bond acceptors (Lipinski definition) is 5. The number of aliphatic hydroxyl groups excluding tert-OH is 1. The molecule has 0 saturated carbocycles. The van der Waals surface area contributed by atoms with E-state index in [9.17, 15) is 0 Å². The van der Waals surface area contributed by atoms with E-state index in [2.05, 4.69) is 38.7 Å². The summed E-state index contributed by atoms with van der Waals surface area (Å²) in [6.07, 6.45) is 1.54. The zero-order valence-corrected chi connectivity index (χ0v) is 12.6. The van der Waals surface area contributed by atoms with Gasteiger partial charge in [-0.25, -0.2) is 0 Å². The number of thiocarbonyl (C=S) groups is 1. The van der Waals surface area contributed by atoms with Crippen LogP contribution in [-0.2, 0) is 0 Å². The van der Waals surface area contributed by atoms with Crippen LogP contribution in [0.25, 0.3) is 0 Å². The second kappa shape index (κ2) is 7.93. The van der Waals surface area contributed by atoms with Crippen LogP contribution in [0.1, 0.15) is 5.56 Å². The molecule has 0 saturated heterocycles. The first kappa shape index (κ1) is 15.7. The number of halogens is 1. The van der Waals surface area contributed by atoms with Gasteiger partial charge in [0.25, 0.3) is 0 Å². The van der Waals surface area contributed by atoms with E-state index in [1.165, 1.54) is 7.11 Å². The first-order chi connectivity index (χ1) is 9.08. The molecule has 1 aromatic rings. The maximum absolute atomic E-state index is 8.75. The van der Waals surface area contributed by atoms with Crippen LogP contribution in [0, 0.1) is 0 Å². The van der Waals surface area contributed by atoms with Gasteiger partial charge in [-0.3, -0.25) is 5.43 Å². The molecule has 104 valence electrons. The number of rotatable bonds is 6. The summed E-state index contributed by atoms with van der Waals surface area (Å²) in [7, 11) is 1.53. The number of hydrazone groups is 1. The summed E-state index contributed by atoms with van der Waals surface area (Å²) in [4.78, 5) is 0. The van der Waals surface area contributed by atoms with Crippen LogP contribution in [-0.4, -0.2) is 36.8 Å². The largest absolute Gasteiger partial charge is 0.493 e. The second-order valence-corrected chi connectivity index (χ2v) is 4.63. The van der Waals surface area contributed by atoms with Crippen molar-refractivity contribution in [1.29, 1.82) is 0 Å². The maximum Gasteiger partial charge on any atom is 0.184 e. The molecule has 4 N–H and O–H groups in total. The average Bonchev–Trinajstić information content (AvgIpc) is 2.38. The van der Waals surface area contributed by atoms with Crippen LogP contribution >= 0.6 is 28.1 Å². The van der Waals surface area contributed by atoms with Gasteiger partial charge in [0, 0.05) is 10.0 Å². The minimum absolute atomic E-state index is 0.0676. The predicted octanol–water partition coefficient (Wildman–Crippen LogP) is 0.996. The number of ether oxygens (including phenoxy) is 2. The first-order valence-corrected chi connectivity index (χ1v) is 6.48. The van der Waals surface area contributed by atoms with Crippen LogP contribution in [0.15, 0.2) is 21.7 Å². The zero-order chi connectivity index (χ0) is 14.3. The van der Waals surface area contributed by atoms with Crippen LogP contribution in [0.5, 0.6) is 11.5 Å². The van der Waals surface area contributed by atoms with E-state index in [1.54, 1.807) is 18.3 Å². The topological polar surface area (TPSA) is 89.1 Å². The predicted molar refractivity (Wildman–Crippen MR) is 80.8 cm³/mol. The lowest BCUT2D eigenvalue weighted by Crippen LogP contribution is -2.24. The van der Waals surface area contributed by atoms with Gasteiger partial charge < -0.3 is 20.3 Å². The lowest BCUT2D eigenvalue weighted by molar-refractivity contribution is 0.196. The van der Waals surface area contributed by atoms with Crippen molar-refractivity contribution in [2.24, 2.45) is 10.8 Å². The lowest BCUT2D eigenvalue weighted by Gasteiger charge is -2.11. The highest BCUT2D eigenvalue weighted by atomic mass is 79.9. The molecule has 0 radical (unpaired) electrons. The molecule has 0 spiro atoms. The molecule has 0 fully saturated rings. The fraction of sp³-hybridized carbons (Fsp3) is 0.273. The minimum atomic E-state index is -0.0676. The summed E-state index contributed by atoms with van der Waals surface area (Å²) < 4.78 is 11.3. The molecule has 0 aliphatic heterocycles. The highest BCUT2D eigenvalue weighted by Crippen LogP contribution is 2.32. The number of benzene rings is 1. The van der Waals surface area contributed by atoms with E-state index in [4.69, 9.17) is 20.3 Å². The highest BCUT2D eigenvalue weighted by Gasteiger charge is 2.09. The summed E-state index contributed by atoms with van der Waals surface area (Å²) in [6, 6.07) is 3.47. The van der Waals surface area contributed by atoms with Crippen LogP contribution in [0.2, 0.25) is 0 Å². The van der Waals surface area contributed by atoms with E-state index >= 15 is 0 Å². The van der Waals surface area contributed by atoms with E-state index in [0.717, 1.165) is 10.0 Å². The summed E-state index contributed by atoms with van der Waals surface area (Å²) in [5.74, 6) is 1.07. The summed E-state index contributed by atoms with van der Waals surface area (Å²) in [6.45, 7) is 0.126. The number of methoxy groups -OCH3 is 1. The fourth-order valence-corrected chi connectivity index (χ4v) is 1.72. The molecule has 19 heavy (non-hydrogen) atoms. The number of nitrogens with two attached hydrogens (primary N) is 1. The van der Waals surface area contributed by atoms with Crippen molar-refractivity contribution in [3.8, 4) is 11.5 Å². The first-order valence-electron chi connectivity index (χ1n) is 5.28. The maximum atomic E-state index is 8.75. The van der Waals surface area contributed by atoms with Crippen molar-refractivity contribution in [1.82, 2.24) is 5.43 Å². The molecule has 0 aliphatic carbocycles. The Labute approximate surface area is 124 Å². The van der Waals surface area contributed by atoms with Gasteiger partial charge in [-0.15, -0.1) is 0 Å². The van der Waals surface area contributed by atoms with E-state index < -0.39 is 0 Å². The molecule has 0 atom stereocenters. The second-order valence-electron chi connectivity index (χ2n) is 3.33. The number of aliphatic hydroxyl groups is 1. The zero-order valence-electron chi connectivity index (χ0n) is 10.2. The molecule has 6 nitrogen and oxygen atoms in total. The van der Waals surface area contributed by atoms with Gasteiger partial charge in [-0.1, -0.05) is 0 Å². The normalized spacial score (nSPS) is 10.5. The Morgan fingerprint density at radius 1 is 1.58 bits per heavy atom. The van der Waals surface area contributed by atoms with Gasteiger partial charge in [-0.2, -0.15) is 5.10 Å². The van der Waals surface area contributed by atoms with E-state index in [1.807, 2.05) is 0 Å². The molecule has 0 heterocycles. The number of nitrogens with one attached hydrogen (secondary N) is 1. The van der Waals surface area contributed by atoms with Crippen molar-refractivity contribution in [3.05, 3.63) is 22.2 Å². The van der Waals surface area contributed by atoms with Gasteiger partial charge in [-0.05, 0) is 40.3 Å². The minimum Gasteiger partial charge on any atom is -0.493 e. The van der Waals surface area contributed by atoms with Crippen molar-refractivity contribution in [2.75, 3.05) is 20.3 Å². The Morgan fingerprint density at radius 3 is 2.89 bits per heavy atom. The third kappa shape index (κ3) is 5.01. The number of hydrogen-bond donors (Lipinski definition) is 3. The summed E-state index contributed by atoms with van der Waals surface area (Å²) in [5, 5.41) is 12.7. The highest BCUT2D eigenvalue weighted by molar-refractivity contribution is 9.10. The third-order valence-corrected chi connectivity index (χ3v) is 2.79. The summed E-state index contributed by atoms with van der Waals surface area (Å²) in [5.41, 5.74) is 8.48. The molecule has 0 amide bonds. The molecule has 8 heteroatoms. The van der Waals surface area contributed by atoms with Gasteiger partial charge in [0.1, 0.15) is 6.61 Å². The van der Waals surface area contributed by atoms with Gasteiger partial charge >= 0.3 is 0 Å². The average molecular weight is 348 g/mol. The Morgan fingerprint density at radius 2 is 2.32 bits per heavy atom. The molecular formula is C11H14BrN3O3S. The fourth-order valence-electron chi connectivity index (χ4n) is 1.24. The molecule has 1 rings (SSSR count). The van der Waals surface area contributed by atoms with Crippen molar-refractivity contribution >= 4 is 39.5 Å². The SMILES string of the molecule is COc1cc(/C=N\NC(N)=S)c(Br)cc1OCCO. The molecule has 0 aromatic heterocycles. The van der Waals surface area contributed by atoms with Crippen LogP contribution in [0.3, 0.4) is 0 Å². The summed E-state index contributed by atoms with van der Waals surface area (Å²) >= 11 is 8.02. The third-order valence-electron chi connectivity index (χ3n) is 2.01. The van der Waals surface area contributed by atoms with Crippen LogP contribution < -0.4 is 20.6 Å². The Kier molecular flexibility index (Phi) is 6.54. The van der Waals surface area contributed by atoms with Gasteiger partial charge in [0.2, 0.25) is 0 Å². The van der Waals surface area contributed by atoms with Crippen molar-refractivity contribution < 1.29 is 14.6 Å². The Hall–Kier alpha value is -1.38. The smallest absolute Gasteiger partial charge is 0.184 e. The van der Waals surface area contributed by atoms with Crippen molar-refractivity contribution in [2.45, 2.75) is 0 Å². The Bertz CT molecular complexity index is 482. The Balaban J connectivity index is 2.95. The van der Waals surface area contributed by atoms with Gasteiger partial charge in [0.15, 0.2) is 16.6 Å². The standard InChI is InChI=1S/C11H14BrN3O3S/c1-17-9-4-7(6-14-15-11(13)19)8(12)5-10(9)18-3-2-16/h4-6,16H,2-3H2,1H3,(H3,13,15,19)/b14-6-. The lowest BCUT2D eigenvalue weighted by atomic mass is 10.2. The molecular weight excluding hydrogens is 334 g/mol. The van der Waals surface area contributed by atoms with Crippen molar-refractivity contribution in [3.63, 3.8) is 0 Å². The molecule has 0 aliphatic rings. The molecule has 0 unspecified atom stereocenters. The van der Waals surface area contributed by atoms with Crippen LogP contribution in [0.4, 0.5) is 0 Å².